The van der Waals surface area contributed by atoms with Crippen LogP contribution in [0, 0.1) is 0 Å². The first kappa shape index (κ1) is 14.7. The van der Waals surface area contributed by atoms with Gasteiger partial charge in [-0.3, -0.25) is 9.69 Å². The molecule has 1 aliphatic heterocycles. The van der Waals surface area contributed by atoms with E-state index in [4.69, 9.17) is 9.47 Å². The Bertz CT molecular complexity index is 405. The molecule has 0 aromatic carbocycles. The van der Waals surface area contributed by atoms with Gasteiger partial charge in [0.1, 0.15) is 12.4 Å². The second-order valence-electron chi connectivity index (χ2n) is 4.66. The molecule has 0 aliphatic carbocycles. The average molecular weight is 279 g/mol. The van der Waals surface area contributed by atoms with Crippen molar-refractivity contribution in [1.29, 1.82) is 0 Å². The number of esters is 1. The number of hydrogen-bond donors (Lipinski definition) is 0. The van der Waals surface area contributed by atoms with E-state index < -0.39 is 0 Å². The number of carbonyl (C=O) groups excluding carboxylic acids is 1. The minimum Gasteiger partial charge on any atom is -0.462 e. The number of hydrogen-bond acceptors (Lipinski definition) is 6. The van der Waals surface area contributed by atoms with Crippen LogP contribution in [0.2, 0.25) is 0 Å². The second kappa shape index (κ2) is 7.81. The zero-order valence-corrected chi connectivity index (χ0v) is 11.8. The molecule has 0 bridgehead atoms. The molecule has 110 valence electrons. The molecule has 1 aliphatic rings. The molecule has 0 spiro atoms. The molecule has 6 nitrogen and oxygen atoms in total. The third-order valence-electron chi connectivity index (χ3n) is 3.25. The number of piperazine rings is 1. The van der Waals surface area contributed by atoms with Crippen LogP contribution in [0.1, 0.15) is 0 Å². The van der Waals surface area contributed by atoms with Gasteiger partial charge in [0.05, 0.1) is 13.2 Å². The lowest BCUT2D eigenvalue weighted by atomic mass is 10.3. The summed E-state index contributed by atoms with van der Waals surface area (Å²) in [5, 5.41) is 0. The number of nitrogens with zero attached hydrogens (tertiary/aromatic N) is 3. The van der Waals surface area contributed by atoms with Crippen molar-refractivity contribution in [3.8, 4) is 0 Å². The Morgan fingerprint density at radius 3 is 2.70 bits per heavy atom. The van der Waals surface area contributed by atoms with Gasteiger partial charge in [-0.15, -0.1) is 0 Å². The SMILES string of the molecule is COCCOC(=O)CN1CCN(c2ccccn2)CC1. The van der Waals surface area contributed by atoms with Crippen molar-refractivity contribution in [1.82, 2.24) is 9.88 Å². The lowest BCUT2D eigenvalue weighted by Crippen LogP contribution is -2.48. The highest BCUT2D eigenvalue weighted by atomic mass is 16.6. The Morgan fingerprint density at radius 2 is 2.05 bits per heavy atom. The van der Waals surface area contributed by atoms with Gasteiger partial charge in [0, 0.05) is 39.5 Å². The van der Waals surface area contributed by atoms with E-state index in [9.17, 15) is 4.79 Å². The highest BCUT2D eigenvalue weighted by molar-refractivity contribution is 5.71. The summed E-state index contributed by atoms with van der Waals surface area (Å²) in [4.78, 5) is 20.3. The molecule has 0 unspecified atom stereocenters. The topological polar surface area (TPSA) is 54.9 Å². The van der Waals surface area contributed by atoms with Gasteiger partial charge in [-0.25, -0.2) is 4.98 Å². The Kier molecular flexibility index (Phi) is 5.76. The molecular weight excluding hydrogens is 258 g/mol. The van der Waals surface area contributed by atoms with E-state index >= 15 is 0 Å². The fraction of sp³-hybridized carbons (Fsp3) is 0.571. The summed E-state index contributed by atoms with van der Waals surface area (Å²) in [5.41, 5.74) is 0. The molecule has 1 fully saturated rings. The van der Waals surface area contributed by atoms with Crippen molar-refractivity contribution in [2.75, 3.05) is 57.9 Å². The summed E-state index contributed by atoms with van der Waals surface area (Å²) in [7, 11) is 1.59. The number of carbonyl (C=O) groups is 1. The minimum atomic E-state index is -0.187. The van der Waals surface area contributed by atoms with E-state index in [1.165, 1.54) is 0 Å². The summed E-state index contributed by atoms with van der Waals surface area (Å²) in [6, 6.07) is 5.91. The molecule has 0 N–H and O–H groups in total. The highest BCUT2D eigenvalue weighted by Gasteiger charge is 2.20. The average Bonchev–Trinajstić information content (AvgIpc) is 2.49. The quantitative estimate of drug-likeness (QED) is 0.555. The smallest absolute Gasteiger partial charge is 0.320 e. The van der Waals surface area contributed by atoms with Crippen LogP contribution in [-0.2, 0) is 14.3 Å². The zero-order valence-electron chi connectivity index (χ0n) is 11.8. The Morgan fingerprint density at radius 1 is 1.25 bits per heavy atom. The fourth-order valence-corrected chi connectivity index (χ4v) is 2.14. The number of rotatable bonds is 6. The number of pyridine rings is 1. The first-order valence-electron chi connectivity index (χ1n) is 6.82. The molecule has 0 amide bonds. The van der Waals surface area contributed by atoms with Gasteiger partial charge in [0.15, 0.2) is 0 Å². The molecule has 6 heteroatoms. The third kappa shape index (κ3) is 4.47. The Labute approximate surface area is 119 Å². The molecule has 2 rings (SSSR count). The molecule has 0 atom stereocenters. The molecule has 0 radical (unpaired) electrons. The van der Waals surface area contributed by atoms with E-state index in [-0.39, 0.29) is 5.97 Å². The van der Waals surface area contributed by atoms with Gasteiger partial charge in [0.25, 0.3) is 0 Å². The molecule has 2 heterocycles. The Hall–Kier alpha value is -1.66. The van der Waals surface area contributed by atoms with E-state index in [2.05, 4.69) is 14.8 Å². The Balaban J connectivity index is 1.70. The predicted molar refractivity (Wildman–Crippen MR) is 75.7 cm³/mol. The van der Waals surface area contributed by atoms with E-state index in [0.717, 1.165) is 32.0 Å². The van der Waals surface area contributed by atoms with E-state index in [1.807, 2.05) is 18.2 Å². The van der Waals surface area contributed by atoms with Crippen LogP contribution in [0.3, 0.4) is 0 Å². The number of ether oxygens (including phenoxy) is 2. The van der Waals surface area contributed by atoms with Gasteiger partial charge in [-0.05, 0) is 12.1 Å². The summed E-state index contributed by atoms with van der Waals surface area (Å²) >= 11 is 0. The van der Waals surface area contributed by atoms with Crippen LogP contribution in [0.5, 0.6) is 0 Å². The first-order chi connectivity index (χ1) is 9.79. The maximum Gasteiger partial charge on any atom is 0.320 e. The number of anilines is 1. The standard InChI is InChI=1S/C14H21N3O3/c1-19-10-11-20-14(18)12-16-6-8-17(9-7-16)13-4-2-3-5-15-13/h2-5H,6-12H2,1H3. The van der Waals surface area contributed by atoms with Crippen LogP contribution in [-0.4, -0.2) is 68.9 Å². The van der Waals surface area contributed by atoms with Crippen LogP contribution < -0.4 is 4.90 Å². The van der Waals surface area contributed by atoms with Crippen molar-refractivity contribution in [3.63, 3.8) is 0 Å². The molecule has 0 saturated carbocycles. The van der Waals surface area contributed by atoms with Crippen LogP contribution in [0.4, 0.5) is 5.82 Å². The molecule has 1 aromatic heterocycles. The largest absolute Gasteiger partial charge is 0.462 e. The minimum absolute atomic E-state index is 0.187. The van der Waals surface area contributed by atoms with Crippen LogP contribution in [0.15, 0.2) is 24.4 Å². The second-order valence-corrected chi connectivity index (χ2v) is 4.66. The molecule has 1 aromatic rings. The van der Waals surface area contributed by atoms with Gasteiger partial charge >= 0.3 is 5.97 Å². The summed E-state index contributed by atoms with van der Waals surface area (Å²) < 4.78 is 9.91. The number of aromatic nitrogens is 1. The van der Waals surface area contributed by atoms with Crippen LogP contribution >= 0.6 is 0 Å². The van der Waals surface area contributed by atoms with Gasteiger partial charge in [0.2, 0.25) is 0 Å². The summed E-state index contributed by atoms with van der Waals surface area (Å²) in [6.45, 7) is 4.55. The molecule has 1 saturated heterocycles. The summed E-state index contributed by atoms with van der Waals surface area (Å²) in [5.74, 6) is 0.808. The number of methoxy groups -OCH3 is 1. The van der Waals surface area contributed by atoms with Crippen molar-refractivity contribution < 1.29 is 14.3 Å². The third-order valence-corrected chi connectivity index (χ3v) is 3.25. The molecule has 20 heavy (non-hydrogen) atoms. The van der Waals surface area contributed by atoms with E-state index in [0.29, 0.717) is 19.8 Å². The van der Waals surface area contributed by atoms with E-state index in [1.54, 1.807) is 13.3 Å². The predicted octanol–water partition coefficient (Wildman–Crippen LogP) is 0.393. The normalized spacial score (nSPS) is 16.1. The van der Waals surface area contributed by atoms with Gasteiger partial charge in [-0.1, -0.05) is 6.07 Å². The maximum atomic E-state index is 11.6. The zero-order chi connectivity index (χ0) is 14.2. The fourth-order valence-electron chi connectivity index (χ4n) is 2.14. The van der Waals surface area contributed by atoms with Gasteiger partial charge in [-0.2, -0.15) is 0 Å². The van der Waals surface area contributed by atoms with Crippen molar-refractivity contribution in [3.05, 3.63) is 24.4 Å². The van der Waals surface area contributed by atoms with Crippen molar-refractivity contribution in [2.24, 2.45) is 0 Å². The summed E-state index contributed by atoms with van der Waals surface area (Å²) in [6.07, 6.45) is 1.80. The lowest BCUT2D eigenvalue weighted by Gasteiger charge is -2.34. The molecular formula is C14H21N3O3. The van der Waals surface area contributed by atoms with Gasteiger partial charge < -0.3 is 14.4 Å². The monoisotopic (exact) mass is 279 g/mol. The highest BCUT2D eigenvalue weighted by Crippen LogP contribution is 2.12. The first-order valence-corrected chi connectivity index (χ1v) is 6.82. The van der Waals surface area contributed by atoms with Crippen LogP contribution in [0.25, 0.3) is 0 Å². The maximum absolute atomic E-state index is 11.6. The lowest BCUT2D eigenvalue weighted by molar-refractivity contribution is -0.146. The van der Waals surface area contributed by atoms with Crippen molar-refractivity contribution in [2.45, 2.75) is 0 Å². The van der Waals surface area contributed by atoms with Crippen molar-refractivity contribution >= 4 is 11.8 Å².